The fourth-order valence-electron chi connectivity index (χ4n) is 2.10. The first kappa shape index (κ1) is 18.3. The van der Waals surface area contributed by atoms with Crippen molar-refractivity contribution in [2.45, 2.75) is 13.8 Å². The Labute approximate surface area is 145 Å². The summed E-state index contributed by atoms with van der Waals surface area (Å²) in [5.41, 5.74) is 1.46. The van der Waals surface area contributed by atoms with Crippen LogP contribution in [-0.2, 0) is 4.79 Å². The van der Waals surface area contributed by atoms with Crippen LogP contribution in [0, 0.1) is 12.7 Å². The summed E-state index contributed by atoms with van der Waals surface area (Å²) in [6.45, 7) is 3.87. The molecule has 0 atom stereocenters. The lowest BCUT2D eigenvalue weighted by Gasteiger charge is -2.11. The molecule has 0 spiro atoms. The third kappa shape index (κ3) is 6.14. The molecule has 3 amide bonds. The molecule has 0 aliphatic carbocycles. The fourth-order valence-corrected chi connectivity index (χ4v) is 2.10. The van der Waals surface area contributed by atoms with Crippen LogP contribution in [0.4, 0.5) is 20.6 Å². The number of carbonyl (C=O) groups excluding carboxylic acids is 2. The Kier molecular flexibility index (Phi) is 6.33. The summed E-state index contributed by atoms with van der Waals surface area (Å²) in [6.07, 6.45) is 0. The van der Waals surface area contributed by atoms with Crippen molar-refractivity contribution in [2.24, 2.45) is 0 Å². The highest BCUT2D eigenvalue weighted by Gasteiger charge is 2.07. The van der Waals surface area contributed by atoms with E-state index in [4.69, 9.17) is 4.74 Å². The van der Waals surface area contributed by atoms with E-state index in [-0.39, 0.29) is 5.69 Å². The number of hydrogen-bond acceptors (Lipinski definition) is 3. The summed E-state index contributed by atoms with van der Waals surface area (Å²) in [6, 6.07) is 11.1. The van der Waals surface area contributed by atoms with Crippen LogP contribution in [0.3, 0.4) is 0 Å². The molecule has 0 aliphatic heterocycles. The first-order chi connectivity index (χ1) is 11.9. The zero-order chi connectivity index (χ0) is 18.2. The molecular weight excluding hydrogens is 325 g/mol. The predicted molar refractivity (Wildman–Crippen MR) is 94.4 cm³/mol. The number of amides is 3. The number of urea groups is 1. The standard InChI is InChI=1S/C18H20FN3O3/c1-12-4-3-5-15(10-12)25-9-8-20-18(24)22-14-6-7-16(19)17(11-14)21-13(2)23/h3-7,10-11H,8-9H2,1-2H3,(H,21,23)(H2,20,22,24). The molecule has 0 saturated heterocycles. The van der Waals surface area contributed by atoms with Gasteiger partial charge in [-0.15, -0.1) is 0 Å². The van der Waals surface area contributed by atoms with Crippen LogP contribution in [0.1, 0.15) is 12.5 Å². The lowest BCUT2D eigenvalue weighted by molar-refractivity contribution is -0.114. The number of ether oxygens (including phenoxy) is 1. The van der Waals surface area contributed by atoms with Crippen molar-refractivity contribution >= 4 is 23.3 Å². The fraction of sp³-hybridized carbons (Fsp3) is 0.222. The number of halogens is 1. The molecule has 132 valence electrons. The molecule has 2 rings (SSSR count). The molecule has 2 aromatic carbocycles. The highest BCUT2D eigenvalue weighted by atomic mass is 19.1. The lowest BCUT2D eigenvalue weighted by atomic mass is 10.2. The predicted octanol–water partition coefficient (Wildman–Crippen LogP) is 3.29. The number of anilines is 2. The molecule has 0 aromatic heterocycles. The Hall–Kier alpha value is -3.09. The van der Waals surface area contributed by atoms with Crippen molar-refractivity contribution in [1.82, 2.24) is 5.32 Å². The van der Waals surface area contributed by atoms with Gasteiger partial charge in [-0.05, 0) is 42.8 Å². The second-order valence-corrected chi connectivity index (χ2v) is 5.42. The van der Waals surface area contributed by atoms with Crippen LogP contribution < -0.4 is 20.7 Å². The number of rotatable bonds is 6. The van der Waals surface area contributed by atoms with Gasteiger partial charge >= 0.3 is 6.03 Å². The number of benzene rings is 2. The molecule has 0 radical (unpaired) electrons. The highest BCUT2D eigenvalue weighted by molar-refractivity contribution is 5.92. The average molecular weight is 345 g/mol. The van der Waals surface area contributed by atoms with Gasteiger partial charge in [0.1, 0.15) is 18.2 Å². The Morgan fingerprint density at radius 3 is 2.64 bits per heavy atom. The van der Waals surface area contributed by atoms with Gasteiger partial charge in [0.05, 0.1) is 12.2 Å². The van der Waals surface area contributed by atoms with Gasteiger partial charge in [0.2, 0.25) is 5.91 Å². The van der Waals surface area contributed by atoms with Gasteiger partial charge in [0.15, 0.2) is 0 Å². The van der Waals surface area contributed by atoms with Gasteiger partial charge < -0.3 is 20.7 Å². The van der Waals surface area contributed by atoms with Crippen LogP contribution in [0.15, 0.2) is 42.5 Å². The Bertz CT molecular complexity index is 765. The molecule has 0 saturated carbocycles. The SMILES string of the molecule is CC(=O)Nc1cc(NC(=O)NCCOc2cccc(C)c2)ccc1F. The Morgan fingerprint density at radius 2 is 1.92 bits per heavy atom. The zero-order valence-electron chi connectivity index (χ0n) is 14.1. The van der Waals surface area contributed by atoms with Crippen molar-refractivity contribution in [3.05, 3.63) is 53.8 Å². The minimum Gasteiger partial charge on any atom is -0.492 e. The van der Waals surface area contributed by atoms with Crippen molar-refractivity contribution in [3.8, 4) is 5.75 Å². The molecule has 0 heterocycles. The molecule has 6 nitrogen and oxygen atoms in total. The van der Waals surface area contributed by atoms with E-state index in [1.54, 1.807) is 0 Å². The summed E-state index contributed by atoms with van der Waals surface area (Å²) in [5, 5.41) is 7.56. The molecule has 25 heavy (non-hydrogen) atoms. The van der Waals surface area contributed by atoms with Crippen molar-refractivity contribution < 1.29 is 18.7 Å². The minimum atomic E-state index is -0.576. The maximum absolute atomic E-state index is 13.5. The maximum Gasteiger partial charge on any atom is 0.319 e. The second-order valence-electron chi connectivity index (χ2n) is 5.42. The van der Waals surface area contributed by atoms with E-state index in [1.165, 1.54) is 25.1 Å². The van der Waals surface area contributed by atoms with Crippen LogP contribution >= 0.6 is 0 Å². The van der Waals surface area contributed by atoms with E-state index in [0.29, 0.717) is 18.8 Å². The Balaban J connectivity index is 1.79. The third-order valence-corrected chi connectivity index (χ3v) is 3.18. The van der Waals surface area contributed by atoms with Gasteiger partial charge in [-0.25, -0.2) is 9.18 Å². The second kappa shape index (κ2) is 8.68. The van der Waals surface area contributed by atoms with E-state index in [2.05, 4.69) is 16.0 Å². The molecule has 0 unspecified atom stereocenters. The van der Waals surface area contributed by atoms with Crippen LogP contribution in [0.5, 0.6) is 5.75 Å². The molecule has 7 heteroatoms. The molecule has 2 aromatic rings. The minimum absolute atomic E-state index is 0.00748. The molecule has 3 N–H and O–H groups in total. The van der Waals surface area contributed by atoms with Crippen molar-refractivity contribution in [3.63, 3.8) is 0 Å². The zero-order valence-corrected chi connectivity index (χ0v) is 14.1. The normalized spacial score (nSPS) is 10.0. The van der Waals surface area contributed by atoms with Gasteiger partial charge in [-0.1, -0.05) is 12.1 Å². The first-order valence-corrected chi connectivity index (χ1v) is 7.75. The quantitative estimate of drug-likeness (QED) is 0.703. The number of carbonyl (C=O) groups is 2. The number of aryl methyl sites for hydroxylation is 1. The number of hydrogen-bond donors (Lipinski definition) is 3. The van der Waals surface area contributed by atoms with E-state index in [9.17, 15) is 14.0 Å². The van der Waals surface area contributed by atoms with E-state index < -0.39 is 17.8 Å². The van der Waals surface area contributed by atoms with Gasteiger partial charge in [0.25, 0.3) is 0 Å². The summed E-state index contributed by atoms with van der Waals surface area (Å²) in [7, 11) is 0. The van der Waals surface area contributed by atoms with Crippen molar-refractivity contribution in [2.75, 3.05) is 23.8 Å². The lowest BCUT2D eigenvalue weighted by Crippen LogP contribution is -2.32. The molecule has 0 fully saturated rings. The smallest absolute Gasteiger partial charge is 0.319 e. The Morgan fingerprint density at radius 1 is 1.12 bits per heavy atom. The molecule has 0 aliphatic rings. The third-order valence-electron chi connectivity index (χ3n) is 3.18. The summed E-state index contributed by atoms with van der Waals surface area (Å²) >= 11 is 0. The van der Waals surface area contributed by atoms with Crippen LogP contribution in [0.25, 0.3) is 0 Å². The largest absolute Gasteiger partial charge is 0.492 e. The van der Waals surface area contributed by atoms with Gasteiger partial charge in [-0.3, -0.25) is 4.79 Å². The van der Waals surface area contributed by atoms with Crippen LogP contribution in [-0.4, -0.2) is 25.1 Å². The summed E-state index contributed by atoms with van der Waals surface area (Å²) < 4.78 is 19.1. The highest BCUT2D eigenvalue weighted by Crippen LogP contribution is 2.19. The van der Waals surface area contributed by atoms with Gasteiger partial charge in [-0.2, -0.15) is 0 Å². The monoisotopic (exact) mass is 345 g/mol. The van der Waals surface area contributed by atoms with E-state index >= 15 is 0 Å². The maximum atomic E-state index is 13.5. The average Bonchev–Trinajstić information content (AvgIpc) is 2.54. The molecule has 0 bridgehead atoms. The summed E-state index contributed by atoms with van der Waals surface area (Å²) in [4.78, 5) is 22.9. The number of nitrogens with one attached hydrogen (secondary N) is 3. The van der Waals surface area contributed by atoms with Crippen LogP contribution in [0.2, 0.25) is 0 Å². The summed E-state index contributed by atoms with van der Waals surface area (Å²) in [5.74, 6) is -0.234. The van der Waals surface area contributed by atoms with E-state index in [0.717, 1.165) is 11.3 Å². The molecular formula is C18H20FN3O3. The van der Waals surface area contributed by atoms with Gasteiger partial charge in [0, 0.05) is 12.6 Å². The first-order valence-electron chi connectivity index (χ1n) is 7.75. The topological polar surface area (TPSA) is 79.5 Å². The van der Waals surface area contributed by atoms with E-state index in [1.807, 2.05) is 31.2 Å². The van der Waals surface area contributed by atoms with Crippen molar-refractivity contribution in [1.29, 1.82) is 0 Å².